The lowest BCUT2D eigenvalue weighted by Gasteiger charge is -2.18. The van der Waals surface area contributed by atoms with Crippen molar-refractivity contribution in [2.75, 3.05) is 44.6 Å². The lowest BCUT2D eigenvalue weighted by atomic mass is 9.97. The van der Waals surface area contributed by atoms with Gasteiger partial charge in [0.15, 0.2) is 0 Å². The van der Waals surface area contributed by atoms with Crippen LogP contribution in [0.1, 0.15) is 27.2 Å². The van der Waals surface area contributed by atoms with E-state index in [2.05, 4.69) is 25.9 Å². The molecular formula is C26H33N5O5. The van der Waals surface area contributed by atoms with E-state index in [1.807, 2.05) is 26.8 Å². The zero-order chi connectivity index (χ0) is 26.1. The van der Waals surface area contributed by atoms with E-state index in [-0.39, 0.29) is 23.7 Å². The fourth-order valence-electron chi connectivity index (χ4n) is 3.26. The number of benzene rings is 2. The van der Waals surface area contributed by atoms with Crippen molar-refractivity contribution in [3.05, 3.63) is 42.7 Å². The monoisotopic (exact) mass is 495 g/mol. The second kappa shape index (κ2) is 12.2. The molecule has 36 heavy (non-hydrogen) atoms. The zero-order valence-corrected chi connectivity index (χ0v) is 21.3. The number of rotatable bonds is 11. The largest absolute Gasteiger partial charge is 0.496 e. The van der Waals surface area contributed by atoms with Crippen LogP contribution in [-0.4, -0.2) is 55.8 Å². The van der Waals surface area contributed by atoms with Gasteiger partial charge in [0.25, 0.3) is 0 Å². The van der Waals surface area contributed by atoms with Crippen molar-refractivity contribution in [2.24, 2.45) is 5.41 Å². The Morgan fingerprint density at radius 3 is 2.33 bits per heavy atom. The molecule has 0 aliphatic heterocycles. The van der Waals surface area contributed by atoms with Gasteiger partial charge in [-0.05, 0) is 29.7 Å². The molecule has 0 bridgehead atoms. The lowest BCUT2D eigenvalue weighted by Crippen LogP contribution is -2.34. The molecular weight excluding hydrogens is 462 g/mol. The molecule has 192 valence electrons. The van der Waals surface area contributed by atoms with Crippen LogP contribution in [0.4, 0.5) is 17.2 Å². The first-order valence-corrected chi connectivity index (χ1v) is 11.6. The number of carbonyl (C=O) groups is 2. The Morgan fingerprint density at radius 2 is 1.67 bits per heavy atom. The van der Waals surface area contributed by atoms with Crippen molar-refractivity contribution in [1.82, 2.24) is 15.3 Å². The number of hydrogen-bond acceptors (Lipinski definition) is 8. The Morgan fingerprint density at radius 1 is 0.944 bits per heavy atom. The summed E-state index contributed by atoms with van der Waals surface area (Å²) >= 11 is 0. The second-order valence-corrected chi connectivity index (χ2v) is 9.35. The predicted molar refractivity (Wildman–Crippen MR) is 139 cm³/mol. The number of aromatic nitrogens is 2. The maximum atomic E-state index is 12.2. The van der Waals surface area contributed by atoms with Gasteiger partial charge in [-0.2, -0.15) is 0 Å². The number of ether oxygens (including phenoxy) is 3. The fourth-order valence-corrected chi connectivity index (χ4v) is 3.26. The lowest BCUT2D eigenvalue weighted by molar-refractivity contribution is -0.127. The average Bonchev–Trinajstić information content (AvgIpc) is 2.83. The highest BCUT2D eigenvalue weighted by Crippen LogP contribution is 2.35. The van der Waals surface area contributed by atoms with Gasteiger partial charge in [-0.15, -0.1) is 0 Å². The van der Waals surface area contributed by atoms with Gasteiger partial charge < -0.3 is 30.2 Å². The molecule has 3 aromatic rings. The van der Waals surface area contributed by atoms with E-state index in [0.29, 0.717) is 53.7 Å². The number of nitrogens with one attached hydrogen (secondary N) is 3. The van der Waals surface area contributed by atoms with Gasteiger partial charge in [0.05, 0.1) is 24.6 Å². The van der Waals surface area contributed by atoms with E-state index in [0.717, 1.165) is 5.69 Å². The summed E-state index contributed by atoms with van der Waals surface area (Å²) in [4.78, 5) is 32.9. The highest BCUT2D eigenvalue weighted by molar-refractivity contribution is 6.03. The third-order valence-electron chi connectivity index (χ3n) is 5.02. The summed E-state index contributed by atoms with van der Waals surface area (Å²) in [6, 6.07) is 10.7. The summed E-state index contributed by atoms with van der Waals surface area (Å²) < 4.78 is 16.3. The number of amides is 2. The van der Waals surface area contributed by atoms with E-state index in [4.69, 9.17) is 14.2 Å². The average molecular weight is 496 g/mol. The number of hydrogen-bond donors (Lipinski definition) is 3. The maximum Gasteiger partial charge on any atom is 0.233 e. The number of carbonyl (C=O) groups excluding carboxylic acids is 2. The molecule has 10 nitrogen and oxygen atoms in total. The minimum atomic E-state index is -0.378. The SMILES string of the molecule is COCCOc1cc(OC)c2c(Nc3ccc(NC(=O)CC(=O)NCC(C)(C)C)cc3)ncnc2c1. The Labute approximate surface area is 210 Å². The number of nitrogens with zero attached hydrogens (tertiary/aromatic N) is 2. The molecule has 0 aliphatic carbocycles. The molecule has 1 aromatic heterocycles. The van der Waals surface area contributed by atoms with Gasteiger partial charge in [0, 0.05) is 37.2 Å². The van der Waals surface area contributed by atoms with Crippen molar-refractivity contribution in [2.45, 2.75) is 27.2 Å². The summed E-state index contributed by atoms with van der Waals surface area (Å²) in [7, 11) is 3.19. The van der Waals surface area contributed by atoms with E-state index in [9.17, 15) is 9.59 Å². The first kappa shape index (κ1) is 26.7. The van der Waals surface area contributed by atoms with Crippen LogP contribution in [0.3, 0.4) is 0 Å². The summed E-state index contributed by atoms with van der Waals surface area (Å²) in [6.07, 6.45) is 1.22. The van der Waals surface area contributed by atoms with Crippen LogP contribution in [0, 0.1) is 5.41 Å². The van der Waals surface area contributed by atoms with Gasteiger partial charge in [0.1, 0.15) is 36.7 Å². The maximum absolute atomic E-state index is 12.2. The highest BCUT2D eigenvalue weighted by atomic mass is 16.5. The zero-order valence-electron chi connectivity index (χ0n) is 21.3. The molecule has 2 aromatic carbocycles. The molecule has 0 spiro atoms. The molecule has 0 saturated carbocycles. The smallest absolute Gasteiger partial charge is 0.233 e. The third-order valence-corrected chi connectivity index (χ3v) is 5.02. The molecule has 1 heterocycles. The number of fused-ring (bicyclic) bond motifs is 1. The second-order valence-electron chi connectivity index (χ2n) is 9.35. The topological polar surface area (TPSA) is 124 Å². The molecule has 0 radical (unpaired) electrons. The van der Waals surface area contributed by atoms with Crippen molar-refractivity contribution >= 4 is 39.9 Å². The Balaban J connectivity index is 1.67. The van der Waals surface area contributed by atoms with Crippen molar-refractivity contribution in [1.29, 1.82) is 0 Å². The molecule has 2 amide bonds. The fraction of sp³-hybridized carbons (Fsp3) is 0.385. The van der Waals surface area contributed by atoms with E-state index in [1.54, 1.807) is 44.6 Å². The first-order chi connectivity index (χ1) is 17.2. The quantitative estimate of drug-likeness (QED) is 0.270. The summed E-state index contributed by atoms with van der Waals surface area (Å²) in [6.45, 7) is 7.42. The van der Waals surface area contributed by atoms with Crippen molar-refractivity contribution < 1.29 is 23.8 Å². The molecule has 0 fully saturated rings. The molecule has 3 N–H and O–H groups in total. The van der Waals surface area contributed by atoms with Crippen LogP contribution in [0.5, 0.6) is 11.5 Å². The number of anilines is 3. The van der Waals surface area contributed by atoms with Crippen LogP contribution in [0.15, 0.2) is 42.7 Å². The summed E-state index contributed by atoms with van der Waals surface area (Å²) in [5.74, 6) is 1.06. The van der Waals surface area contributed by atoms with Gasteiger partial charge in [-0.25, -0.2) is 9.97 Å². The minimum absolute atomic E-state index is 0.0475. The van der Waals surface area contributed by atoms with Gasteiger partial charge in [-0.3, -0.25) is 9.59 Å². The summed E-state index contributed by atoms with van der Waals surface area (Å²) in [5.41, 5.74) is 1.94. The van der Waals surface area contributed by atoms with E-state index >= 15 is 0 Å². The van der Waals surface area contributed by atoms with Crippen molar-refractivity contribution in [3.63, 3.8) is 0 Å². The molecule has 10 heteroatoms. The van der Waals surface area contributed by atoms with E-state index in [1.165, 1.54) is 6.33 Å². The van der Waals surface area contributed by atoms with Crippen LogP contribution in [0.25, 0.3) is 10.9 Å². The highest BCUT2D eigenvalue weighted by Gasteiger charge is 2.15. The van der Waals surface area contributed by atoms with Gasteiger partial charge in [-0.1, -0.05) is 20.8 Å². The van der Waals surface area contributed by atoms with Crippen LogP contribution < -0.4 is 25.4 Å². The molecule has 0 aliphatic rings. The van der Waals surface area contributed by atoms with Gasteiger partial charge >= 0.3 is 0 Å². The Hall–Kier alpha value is -3.92. The van der Waals surface area contributed by atoms with Crippen LogP contribution in [0.2, 0.25) is 0 Å². The Bertz CT molecular complexity index is 1190. The summed E-state index contributed by atoms with van der Waals surface area (Å²) in [5, 5.41) is 9.48. The van der Waals surface area contributed by atoms with Gasteiger partial charge in [0.2, 0.25) is 11.8 Å². The molecule has 0 atom stereocenters. The van der Waals surface area contributed by atoms with Crippen LogP contribution in [-0.2, 0) is 14.3 Å². The molecule has 0 saturated heterocycles. The first-order valence-electron chi connectivity index (χ1n) is 11.6. The normalized spacial score (nSPS) is 11.1. The van der Waals surface area contributed by atoms with Crippen LogP contribution >= 0.6 is 0 Å². The molecule has 3 rings (SSSR count). The third kappa shape index (κ3) is 7.81. The Kier molecular flexibility index (Phi) is 9.02. The number of methoxy groups -OCH3 is 2. The van der Waals surface area contributed by atoms with E-state index < -0.39 is 0 Å². The minimum Gasteiger partial charge on any atom is -0.496 e. The predicted octanol–water partition coefficient (Wildman–Crippen LogP) is 3.90. The van der Waals surface area contributed by atoms with Crippen molar-refractivity contribution in [3.8, 4) is 11.5 Å². The molecule has 0 unspecified atom stereocenters. The standard InChI is InChI=1S/C26H33N5O5/c1-26(2,3)15-27-22(32)14-23(33)30-17-6-8-18(9-7-17)31-25-24-20(28-16-29-25)12-19(13-21(24)35-5)36-11-10-34-4/h6-9,12-13,16H,10-11,14-15H2,1-5H3,(H,27,32)(H,30,33)(H,28,29,31).